The minimum Gasteiger partial charge on any atom is -0.377 e. The first kappa shape index (κ1) is 15.2. The lowest BCUT2D eigenvalue weighted by molar-refractivity contribution is -0.0286. The van der Waals surface area contributed by atoms with Crippen molar-refractivity contribution in [2.75, 3.05) is 13.2 Å². The SMILES string of the molecule is Cc1ccc(S(=O)(=O)n2cccc2-c2cnn(C3COC3)c2)cc1. The zero-order chi connectivity index (χ0) is 16.7. The fourth-order valence-corrected chi connectivity index (χ4v) is 4.03. The average molecular weight is 343 g/mol. The van der Waals surface area contributed by atoms with E-state index in [2.05, 4.69) is 5.10 Å². The Morgan fingerprint density at radius 3 is 2.58 bits per heavy atom. The third-order valence-electron chi connectivity index (χ3n) is 4.18. The molecule has 1 aromatic carbocycles. The van der Waals surface area contributed by atoms with Gasteiger partial charge >= 0.3 is 0 Å². The average Bonchev–Trinajstić information content (AvgIpc) is 3.14. The maximum atomic E-state index is 12.9. The van der Waals surface area contributed by atoms with Gasteiger partial charge in [0, 0.05) is 18.0 Å². The van der Waals surface area contributed by atoms with Crippen LogP contribution >= 0.6 is 0 Å². The van der Waals surface area contributed by atoms with Gasteiger partial charge in [0.2, 0.25) is 0 Å². The summed E-state index contributed by atoms with van der Waals surface area (Å²) < 4.78 is 34.2. The van der Waals surface area contributed by atoms with Gasteiger partial charge in [0.25, 0.3) is 10.0 Å². The molecule has 0 spiro atoms. The molecule has 0 unspecified atom stereocenters. The van der Waals surface area contributed by atoms with E-state index >= 15 is 0 Å². The minimum atomic E-state index is -3.64. The monoisotopic (exact) mass is 343 g/mol. The van der Waals surface area contributed by atoms with Crippen molar-refractivity contribution in [1.82, 2.24) is 13.8 Å². The van der Waals surface area contributed by atoms with Gasteiger partial charge in [-0.3, -0.25) is 4.68 Å². The van der Waals surface area contributed by atoms with Crippen LogP contribution in [0.25, 0.3) is 11.3 Å². The predicted octanol–water partition coefficient (Wildman–Crippen LogP) is 2.47. The number of aryl methyl sites for hydroxylation is 1. The van der Waals surface area contributed by atoms with E-state index in [0.29, 0.717) is 18.9 Å². The molecule has 0 aliphatic carbocycles. The topological polar surface area (TPSA) is 66.1 Å². The lowest BCUT2D eigenvalue weighted by atomic mass is 10.2. The Morgan fingerprint density at radius 1 is 1.17 bits per heavy atom. The summed E-state index contributed by atoms with van der Waals surface area (Å²) in [4.78, 5) is 0.269. The molecule has 3 aromatic rings. The van der Waals surface area contributed by atoms with E-state index in [1.807, 2.05) is 17.8 Å². The van der Waals surface area contributed by atoms with Crippen LogP contribution in [-0.4, -0.2) is 35.4 Å². The molecule has 1 aliphatic rings. The molecule has 0 saturated carbocycles. The van der Waals surface area contributed by atoms with Crippen molar-refractivity contribution in [3.63, 3.8) is 0 Å². The van der Waals surface area contributed by atoms with Crippen LogP contribution in [0.15, 0.2) is 59.9 Å². The number of benzene rings is 1. The van der Waals surface area contributed by atoms with Crippen molar-refractivity contribution in [3.8, 4) is 11.3 Å². The van der Waals surface area contributed by atoms with Crippen molar-refractivity contribution in [2.45, 2.75) is 17.9 Å². The zero-order valence-corrected chi connectivity index (χ0v) is 14.0. The second-order valence-corrected chi connectivity index (χ2v) is 7.72. The molecule has 0 atom stereocenters. The van der Waals surface area contributed by atoms with Gasteiger partial charge in [-0.1, -0.05) is 17.7 Å². The number of ether oxygens (including phenoxy) is 1. The van der Waals surface area contributed by atoms with E-state index < -0.39 is 10.0 Å². The highest BCUT2D eigenvalue weighted by atomic mass is 32.2. The summed E-state index contributed by atoms with van der Waals surface area (Å²) in [5.41, 5.74) is 2.38. The normalized spacial score (nSPS) is 15.4. The van der Waals surface area contributed by atoms with E-state index in [1.165, 1.54) is 3.97 Å². The number of hydrogen-bond acceptors (Lipinski definition) is 4. The summed E-state index contributed by atoms with van der Waals surface area (Å²) >= 11 is 0. The summed E-state index contributed by atoms with van der Waals surface area (Å²) in [5, 5.41) is 4.33. The van der Waals surface area contributed by atoms with Gasteiger partial charge in [-0.15, -0.1) is 0 Å². The lowest BCUT2D eigenvalue weighted by Gasteiger charge is -2.25. The zero-order valence-electron chi connectivity index (χ0n) is 13.2. The Hall–Kier alpha value is -2.38. The second kappa shape index (κ2) is 5.61. The van der Waals surface area contributed by atoms with Crippen LogP contribution in [0.1, 0.15) is 11.6 Å². The van der Waals surface area contributed by atoms with Crippen LogP contribution in [-0.2, 0) is 14.8 Å². The first-order valence-electron chi connectivity index (χ1n) is 7.67. The van der Waals surface area contributed by atoms with Crippen molar-refractivity contribution in [1.29, 1.82) is 0 Å². The molecular weight excluding hydrogens is 326 g/mol. The molecule has 1 fully saturated rings. The van der Waals surface area contributed by atoms with E-state index in [-0.39, 0.29) is 10.9 Å². The van der Waals surface area contributed by atoms with Crippen molar-refractivity contribution in [2.24, 2.45) is 0 Å². The molecular formula is C17H17N3O3S. The summed E-state index contributed by atoms with van der Waals surface area (Å²) in [6.45, 7) is 3.21. The third-order valence-corrected chi connectivity index (χ3v) is 5.89. The molecule has 24 heavy (non-hydrogen) atoms. The van der Waals surface area contributed by atoms with Gasteiger partial charge in [0.15, 0.2) is 0 Å². The highest BCUT2D eigenvalue weighted by Gasteiger charge is 2.24. The maximum absolute atomic E-state index is 12.9. The van der Waals surface area contributed by atoms with Crippen LogP contribution in [0.5, 0.6) is 0 Å². The predicted molar refractivity (Wildman–Crippen MR) is 89.3 cm³/mol. The van der Waals surface area contributed by atoms with E-state index in [1.54, 1.807) is 48.8 Å². The van der Waals surface area contributed by atoms with Crippen LogP contribution in [0.4, 0.5) is 0 Å². The molecule has 1 saturated heterocycles. The molecule has 0 N–H and O–H groups in total. The fourth-order valence-electron chi connectivity index (χ4n) is 2.67. The second-order valence-electron chi connectivity index (χ2n) is 5.91. The summed E-state index contributed by atoms with van der Waals surface area (Å²) in [5.74, 6) is 0. The van der Waals surface area contributed by atoms with Crippen molar-refractivity contribution < 1.29 is 13.2 Å². The molecule has 0 radical (unpaired) electrons. The van der Waals surface area contributed by atoms with Gasteiger partial charge < -0.3 is 4.74 Å². The van der Waals surface area contributed by atoms with Crippen LogP contribution in [0.3, 0.4) is 0 Å². The van der Waals surface area contributed by atoms with Crippen LogP contribution in [0.2, 0.25) is 0 Å². The van der Waals surface area contributed by atoms with Crippen molar-refractivity contribution >= 4 is 10.0 Å². The maximum Gasteiger partial charge on any atom is 0.268 e. The van der Waals surface area contributed by atoms with Gasteiger partial charge in [-0.05, 0) is 31.2 Å². The highest BCUT2D eigenvalue weighted by Crippen LogP contribution is 2.26. The Bertz CT molecular complexity index is 967. The molecule has 3 heterocycles. The van der Waals surface area contributed by atoms with Gasteiger partial charge in [-0.25, -0.2) is 12.4 Å². The van der Waals surface area contributed by atoms with Gasteiger partial charge in [0.05, 0.1) is 36.0 Å². The summed E-state index contributed by atoms with van der Waals surface area (Å²) in [6, 6.07) is 10.6. The lowest BCUT2D eigenvalue weighted by Crippen LogP contribution is -2.30. The van der Waals surface area contributed by atoms with Crippen LogP contribution in [0, 0.1) is 6.92 Å². The van der Waals surface area contributed by atoms with Crippen molar-refractivity contribution in [3.05, 3.63) is 60.6 Å². The van der Waals surface area contributed by atoms with E-state index in [0.717, 1.165) is 11.1 Å². The number of rotatable bonds is 4. The molecule has 124 valence electrons. The Kier molecular flexibility index (Phi) is 3.54. The first-order valence-corrected chi connectivity index (χ1v) is 9.11. The standard InChI is InChI=1S/C17H17N3O3S/c1-13-4-6-16(7-5-13)24(21,22)20-8-2-3-17(20)14-9-18-19(10-14)15-11-23-12-15/h2-10,15H,11-12H2,1H3. The first-order chi connectivity index (χ1) is 11.6. The fraction of sp³-hybridized carbons (Fsp3) is 0.235. The summed E-state index contributed by atoms with van der Waals surface area (Å²) in [7, 11) is -3.64. The molecule has 7 heteroatoms. The molecule has 1 aliphatic heterocycles. The smallest absolute Gasteiger partial charge is 0.268 e. The van der Waals surface area contributed by atoms with E-state index in [9.17, 15) is 8.42 Å². The number of hydrogen-bond donors (Lipinski definition) is 0. The van der Waals surface area contributed by atoms with Crippen LogP contribution < -0.4 is 0 Å². The largest absolute Gasteiger partial charge is 0.377 e. The number of nitrogens with zero attached hydrogens (tertiary/aromatic N) is 3. The Labute approximate surface area is 140 Å². The minimum absolute atomic E-state index is 0.232. The molecule has 4 rings (SSSR count). The Morgan fingerprint density at radius 2 is 1.92 bits per heavy atom. The summed E-state index contributed by atoms with van der Waals surface area (Å²) in [6.07, 6.45) is 5.12. The third kappa shape index (κ3) is 2.46. The van der Waals surface area contributed by atoms with Gasteiger partial charge in [0.1, 0.15) is 0 Å². The number of aromatic nitrogens is 3. The highest BCUT2D eigenvalue weighted by molar-refractivity contribution is 7.90. The Balaban J connectivity index is 1.74. The molecule has 0 bridgehead atoms. The molecule has 6 nitrogen and oxygen atoms in total. The quantitative estimate of drug-likeness (QED) is 0.730. The van der Waals surface area contributed by atoms with E-state index in [4.69, 9.17) is 4.74 Å². The molecule has 2 aromatic heterocycles. The molecule has 0 amide bonds. The van der Waals surface area contributed by atoms with Gasteiger partial charge in [-0.2, -0.15) is 5.10 Å².